The third-order valence-electron chi connectivity index (χ3n) is 2.70. The molecule has 0 aromatic heterocycles. The van der Waals surface area contributed by atoms with E-state index in [0.29, 0.717) is 6.04 Å². The molecule has 1 N–H and O–H groups in total. The lowest BCUT2D eigenvalue weighted by atomic mass is 10.1. The summed E-state index contributed by atoms with van der Waals surface area (Å²) in [7, 11) is 0. The van der Waals surface area contributed by atoms with Crippen molar-refractivity contribution in [2.24, 2.45) is 5.92 Å². The summed E-state index contributed by atoms with van der Waals surface area (Å²) in [6, 6.07) is 0.686. The minimum atomic E-state index is 0.686. The Hall–Kier alpha value is -0.0100. The van der Waals surface area contributed by atoms with Crippen molar-refractivity contribution in [3.63, 3.8) is 0 Å². The van der Waals surface area contributed by atoms with Gasteiger partial charge in [0.25, 0.3) is 0 Å². The van der Waals surface area contributed by atoms with Crippen LogP contribution in [0.15, 0.2) is 11.6 Å². The van der Waals surface area contributed by atoms with Crippen molar-refractivity contribution in [2.75, 3.05) is 6.54 Å². The predicted molar refractivity (Wildman–Crippen MR) is 54.4 cm³/mol. The van der Waals surface area contributed by atoms with Gasteiger partial charge in [-0.25, -0.2) is 0 Å². The van der Waals surface area contributed by atoms with E-state index in [4.69, 9.17) is 11.6 Å². The number of nitrogens with one attached hydrogen (secondary N) is 1. The van der Waals surface area contributed by atoms with E-state index in [2.05, 4.69) is 18.8 Å². The summed E-state index contributed by atoms with van der Waals surface area (Å²) in [6.07, 6.45) is 5.33. The number of hydrogen-bond donors (Lipinski definition) is 1. The zero-order valence-electron chi connectivity index (χ0n) is 7.78. The first-order chi connectivity index (χ1) is 5.72. The molecular weight excluding hydrogens is 170 g/mol. The molecule has 1 fully saturated rings. The summed E-state index contributed by atoms with van der Waals surface area (Å²) in [5, 5.41) is 4.13. The zero-order valence-corrected chi connectivity index (χ0v) is 8.53. The molecule has 0 spiro atoms. The molecular formula is C10H18ClN. The highest BCUT2D eigenvalue weighted by Gasteiger charge is 2.22. The lowest BCUT2D eigenvalue weighted by molar-refractivity contribution is 0.490. The summed E-state index contributed by atoms with van der Waals surface area (Å²) < 4.78 is 0. The van der Waals surface area contributed by atoms with E-state index in [1.54, 1.807) is 0 Å². The van der Waals surface area contributed by atoms with Crippen LogP contribution in [-0.4, -0.2) is 12.6 Å². The van der Waals surface area contributed by atoms with Crippen molar-refractivity contribution in [2.45, 2.75) is 38.6 Å². The summed E-state index contributed by atoms with van der Waals surface area (Å²) in [5.41, 5.74) is 0. The van der Waals surface area contributed by atoms with Gasteiger partial charge in [-0.1, -0.05) is 31.5 Å². The molecule has 2 unspecified atom stereocenters. The Bertz CT molecular complexity index is 156. The first kappa shape index (κ1) is 10.1. The van der Waals surface area contributed by atoms with Crippen molar-refractivity contribution in [3.8, 4) is 0 Å². The van der Waals surface area contributed by atoms with Gasteiger partial charge in [-0.2, -0.15) is 0 Å². The molecule has 0 heterocycles. The molecule has 1 aliphatic rings. The topological polar surface area (TPSA) is 12.0 Å². The molecule has 0 radical (unpaired) electrons. The molecule has 2 heteroatoms. The van der Waals surface area contributed by atoms with Crippen LogP contribution in [0.3, 0.4) is 0 Å². The first-order valence-corrected chi connectivity index (χ1v) is 5.16. The molecule has 2 atom stereocenters. The maximum Gasteiger partial charge on any atom is 0.0310 e. The highest BCUT2D eigenvalue weighted by Crippen LogP contribution is 2.27. The molecule has 0 aromatic carbocycles. The molecule has 0 saturated heterocycles. The molecule has 1 rings (SSSR count). The molecule has 0 bridgehead atoms. The van der Waals surface area contributed by atoms with Crippen molar-refractivity contribution in [1.82, 2.24) is 5.32 Å². The Labute approximate surface area is 80.2 Å². The van der Waals surface area contributed by atoms with Gasteiger partial charge in [-0.3, -0.25) is 0 Å². The highest BCUT2D eigenvalue weighted by atomic mass is 35.5. The SMILES string of the molecule is C=C(Cl)CNC1CCC(CC)C1. The first-order valence-electron chi connectivity index (χ1n) is 4.79. The Kier molecular flexibility index (Phi) is 4.10. The van der Waals surface area contributed by atoms with Gasteiger partial charge >= 0.3 is 0 Å². The van der Waals surface area contributed by atoms with E-state index in [0.717, 1.165) is 17.5 Å². The minimum absolute atomic E-state index is 0.686. The average Bonchev–Trinajstić information content (AvgIpc) is 2.48. The van der Waals surface area contributed by atoms with E-state index in [-0.39, 0.29) is 0 Å². The van der Waals surface area contributed by atoms with Gasteiger partial charge in [0.1, 0.15) is 0 Å². The van der Waals surface area contributed by atoms with Crippen LogP contribution in [0, 0.1) is 5.92 Å². The Balaban J connectivity index is 2.15. The standard InChI is InChI=1S/C10H18ClN/c1-3-9-4-5-10(6-9)12-7-8(2)11/h9-10,12H,2-7H2,1H3. The van der Waals surface area contributed by atoms with Crippen LogP contribution in [0.4, 0.5) is 0 Å². The maximum absolute atomic E-state index is 5.67. The van der Waals surface area contributed by atoms with Crippen LogP contribution in [0.5, 0.6) is 0 Å². The van der Waals surface area contributed by atoms with Crippen LogP contribution in [0.2, 0.25) is 0 Å². The number of hydrogen-bond acceptors (Lipinski definition) is 1. The van der Waals surface area contributed by atoms with Crippen LogP contribution < -0.4 is 5.32 Å². The fraction of sp³-hybridized carbons (Fsp3) is 0.800. The van der Waals surface area contributed by atoms with Crippen LogP contribution in [0.1, 0.15) is 32.6 Å². The van der Waals surface area contributed by atoms with E-state index in [9.17, 15) is 0 Å². The summed E-state index contributed by atoms with van der Waals surface area (Å²) in [5.74, 6) is 0.936. The number of halogens is 1. The zero-order chi connectivity index (χ0) is 8.97. The van der Waals surface area contributed by atoms with Crippen molar-refractivity contribution >= 4 is 11.6 Å². The van der Waals surface area contributed by atoms with Gasteiger partial charge in [-0.15, -0.1) is 0 Å². The quantitative estimate of drug-likeness (QED) is 0.714. The summed E-state index contributed by atoms with van der Waals surface area (Å²) in [4.78, 5) is 0. The molecule has 0 amide bonds. The summed E-state index contributed by atoms with van der Waals surface area (Å²) >= 11 is 5.67. The van der Waals surface area contributed by atoms with E-state index < -0.39 is 0 Å². The van der Waals surface area contributed by atoms with Crippen molar-refractivity contribution < 1.29 is 0 Å². The largest absolute Gasteiger partial charge is 0.309 e. The Morgan fingerprint density at radius 3 is 2.83 bits per heavy atom. The van der Waals surface area contributed by atoms with E-state index in [1.807, 2.05) is 0 Å². The second kappa shape index (κ2) is 4.88. The predicted octanol–water partition coefficient (Wildman–Crippen LogP) is 2.91. The Morgan fingerprint density at radius 1 is 1.58 bits per heavy atom. The van der Waals surface area contributed by atoms with Crippen molar-refractivity contribution in [3.05, 3.63) is 11.6 Å². The second-order valence-electron chi connectivity index (χ2n) is 3.68. The molecule has 1 nitrogen and oxygen atoms in total. The molecule has 0 aromatic rings. The maximum atomic E-state index is 5.67. The third-order valence-corrected chi connectivity index (χ3v) is 2.83. The molecule has 1 saturated carbocycles. The van der Waals surface area contributed by atoms with Crippen LogP contribution in [0.25, 0.3) is 0 Å². The molecule has 0 aliphatic heterocycles. The monoisotopic (exact) mass is 187 g/mol. The van der Waals surface area contributed by atoms with Crippen LogP contribution >= 0.6 is 11.6 Å². The van der Waals surface area contributed by atoms with E-state index >= 15 is 0 Å². The average molecular weight is 188 g/mol. The molecule has 70 valence electrons. The lowest BCUT2D eigenvalue weighted by Gasteiger charge is -2.11. The van der Waals surface area contributed by atoms with Gasteiger partial charge in [0.2, 0.25) is 0 Å². The third kappa shape index (κ3) is 3.16. The molecule has 12 heavy (non-hydrogen) atoms. The van der Waals surface area contributed by atoms with Crippen LogP contribution in [-0.2, 0) is 0 Å². The summed E-state index contributed by atoms with van der Waals surface area (Å²) in [6.45, 7) is 6.70. The van der Waals surface area contributed by atoms with Gasteiger partial charge in [-0.05, 0) is 25.2 Å². The van der Waals surface area contributed by atoms with Gasteiger partial charge in [0, 0.05) is 17.6 Å². The fourth-order valence-electron chi connectivity index (χ4n) is 1.89. The minimum Gasteiger partial charge on any atom is -0.309 e. The number of rotatable bonds is 4. The normalized spacial score (nSPS) is 29.2. The van der Waals surface area contributed by atoms with E-state index in [1.165, 1.54) is 25.7 Å². The Morgan fingerprint density at radius 2 is 2.33 bits per heavy atom. The smallest absolute Gasteiger partial charge is 0.0310 e. The molecule has 1 aliphatic carbocycles. The highest BCUT2D eigenvalue weighted by molar-refractivity contribution is 6.29. The van der Waals surface area contributed by atoms with Gasteiger partial charge in [0.15, 0.2) is 0 Å². The van der Waals surface area contributed by atoms with Crippen molar-refractivity contribution in [1.29, 1.82) is 0 Å². The second-order valence-corrected chi connectivity index (χ2v) is 4.22. The fourth-order valence-corrected chi connectivity index (χ4v) is 1.96. The van der Waals surface area contributed by atoms with Gasteiger partial charge in [0.05, 0.1) is 0 Å². The lowest BCUT2D eigenvalue weighted by Crippen LogP contribution is -2.27. The van der Waals surface area contributed by atoms with Gasteiger partial charge < -0.3 is 5.32 Å².